The van der Waals surface area contributed by atoms with Crippen LogP contribution in [0.5, 0.6) is 0 Å². The molecule has 0 bridgehead atoms. The number of thiazole rings is 1. The molecule has 7 heteroatoms. The van der Waals surface area contributed by atoms with Crippen molar-refractivity contribution >= 4 is 39.5 Å². The molecule has 0 unspecified atom stereocenters. The van der Waals surface area contributed by atoms with E-state index in [0.29, 0.717) is 26.3 Å². The maximum atomic E-state index is 11.2. The van der Waals surface area contributed by atoms with Gasteiger partial charge in [0, 0.05) is 11.0 Å². The van der Waals surface area contributed by atoms with Crippen LogP contribution < -0.4 is 0 Å². The van der Waals surface area contributed by atoms with E-state index in [2.05, 4.69) is 4.98 Å². The van der Waals surface area contributed by atoms with Crippen molar-refractivity contribution < 1.29 is 4.92 Å². The van der Waals surface area contributed by atoms with Crippen LogP contribution in [0.4, 0.5) is 5.00 Å². The van der Waals surface area contributed by atoms with Crippen molar-refractivity contribution in [2.45, 2.75) is 26.2 Å². The van der Waals surface area contributed by atoms with E-state index in [1.54, 1.807) is 18.2 Å². The van der Waals surface area contributed by atoms with Crippen molar-refractivity contribution in [3.8, 4) is 11.3 Å². The summed E-state index contributed by atoms with van der Waals surface area (Å²) < 4.78 is 0. The molecule has 0 aliphatic heterocycles. The smallest absolute Gasteiger partial charge is 0.257 e. The molecular formula is C13H12Cl2N2O2S. The highest BCUT2D eigenvalue weighted by Gasteiger charge is 2.28. The highest BCUT2D eigenvalue weighted by molar-refractivity contribution is 7.15. The quantitative estimate of drug-likeness (QED) is 0.552. The minimum Gasteiger partial charge on any atom is -0.257 e. The van der Waals surface area contributed by atoms with Crippen molar-refractivity contribution in [3.05, 3.63) is 43.4 Å². The molecule has 106 valence electrons. The Morgan fingerprint density at radius 3 is 2.40 bits per heavy atom. The lowest BCUT2D eigenvalue weighted by molar-refractivity contribution is -0.379. The normalized spacial score (nSPS) is 11.7. The van der Waals surface area contributed by atoms with Crippen LogP contribution in [0.2, 0.25) is 10.0 Å². The number of hydrogen-bond acceptors (Lipinski definition) is 4. The molecule has 4 nitrogen and oxygen atoms in total. The van der Waals surface area contributed by atoms with Crippen molar-refractivity contribution in [1.82, 2.24) is 4.98 Å². The third-order valence-electron chi connectivity index (χ3n) is 2.61. The molecule has 2 aromatic rings. The van der Waals surface area contributed by atoms with Gasteiger partial charge in [0.25, 0.3) is 0 Å². The third kappa shape index (κ3) is 2.95. The fraction of sp³-hybridized carbons (Fsp3) is 0.308. The predicted octanol–water partition coefficient (Wildman–Crippen LogP) is 5.32. The average Bonchev–Trinajstić information content (AvgIpc) is 2.77. The highest BCUT2D eigenvalue weighted by Crippen LogP contribution is 2.40. The lowest BCUT2D eigenvalue weighted by atomic mass is 9.98. The van der Waals surface area contributed by atoms with Gasteiger partial charge in [0.2, 0.25) is 0 Å². The van der Waals surface area contributed by atoms with Gasteiger partial charge in [-0.2, -0.15) is 0 Å². The molecular weight excluding hydrogens is 319 g/mol. The predicted molar refractivity (Wildman–Crippen MR) is 82.9 cm³/mol. The Balaban J connectivity index is 2.63. The molecule has 0 radical (unpaired) electrons. The lowest BCUT2D eigenvalue weighted by Crippen LogP contribution is -2.10. The molecule has 0 N–H and O–H groups in total. The molecule has 2 rings (SSSR count). The van der Waals surface area contributed by atoms with E-state index in [-0.39, 0.29) is 10.4 Å². The number of benzene rings is 1. The molecule has 0 atom stereocenters. The van der Waals surface area contributed by atoms with Gasteiger partial charge in [0.05, 0.1) is 15.0 Å². The molecule has 0 aliphatic rings. The van der Waals surface area contributed by atoms with Gasteiger partial charge in [-0.25, -0.2) is 4.98 Å². The fourth-order valence-corrected chi connectivity index (χ4v) is 2.85. The molecule has 0 fully saturated rings. The summed E-state index contributed by atoms with van der Waals surface area (Å²) in [6.45, 7) is 5.90. The molecule has 0 amide bonds. The van der Waals surface area contributed by atoms with Gasteiger partial charge in [0.15, 0.2) is 5.69 Å². The van der Waals surface area contributed by atoms with E-state index in [9.17, 15) is 10.1 Å². The molecule has 0 saturated carbocycles. The molecule has 0 spiro atoms. The minimum absolute atomic E-state index is 0.0216. The molecule has 0 aliphatic carbocycles. The molecule has 1 heterocycles. The summed E-state index contributed by atoms with van der Waals surface area (Å²) >= 11 is 12.9. The van der Waals surface area contributed by atoms with E-state index in [0.717, 1.165) is 11.3 Å². The van der Waals surface area contributed by atoms with Crippen LogP contribution in [-0.2, 0) is 5.41 Å². The van der Waals surface area contributed by atoms with Crippen molar-refractivity contribution in [2.24, 2.45) is 0 Å². The van der Waals surface area contributed by atoms with Crippen LogP contribution in [0.15, 0.2) is 18.2 Å². The summed E-state index contributed by atoms with van der Waals surface area (Å²) in [6.07, 6.45) is 0. The first-order valence-corrected chi connectivity index (χ1v) is 7.38. The van der Waals surface area contributed by atoms with Gasteiger partial charge < -0.3 is 0 Å². The SMILES string of the molecule is CC(C)(C)c1nc(-c2ccc(Cl)c(Cl)c2)c([N+](=O)[O-])s1. The maximum absolute atomic E-state index is 11.2. The second-order valence-electron chi connectivity index (χ2n) is 5.31. The highest BCUT2D eigenvalue weighted by atomic mass is 35.5. The zero-order valence-electron chi connectivity index (χ0n) is 11.1. The zero-order valence-corrected chi connectivity index (χ0v) is 13.4. The van der Waals surface area contributed by atoms with Crippen LogP contribution in [0.1, 0.15) is 25.8 Å². The van der Waals surface area contributed by atoms with E-state index >= 15 is 0 Å². The van der Waals surface area contributed by atoms with Crippen LogP contribution in [-0.4, -0.2) is 9.91 Å². The molecule has 0 saturated heterocycles. The van der Waals surface area contributed by atoms with Gasteiger partial charge in [-0.1, -0.05) is 50.0 Å². The number of rotatable bonds is 2. The number of aromatic nitrogens is 1. The monoisotopic (exact) mass is 330 g/mol. The van der Waals surface area contributed by atoms with Gasteiger partial charge in [-0.15, -0.1) is 0 Å². The maximum Gasteiger partial charge on any atom is 0.351 e. The summed E-state index contributed by atoms with van der Waals surface area (Å²) in [5, 5.41) is 12.7. The standard InChI is InChI=1S/C13H12Cl2N2O2S/c1-13(2,3)12-16-10(11(20-12)17(18)19)7-4-5-8(14)9(15)6-7/h4-6H,1-3H3. The minimum atomic E-state index is -0.412. The van der Waals surface area contributed by atoms with Gasteiger partial charge in [-0.3, -0.25) is 10.1 Å². The molecule has 1 aromatic carbocycles. The molecule has 20 heavy (non-hydrogen) atoms. The summed E-state index contributed by atoms with van der Waals surface area (Å²) in [4.78, 5) is 15.2. The topological polar surface area (TPSA) is 56.0 Å². The van der Waals surface area contributed by atoms with Crippen LogP contribution in [0.3, 0.4) is 0 Å². The Bertz CT molecular complexity index is 677. The Hall–Kier alpha value is -1.17. The lowest BCUT2D eigenvalue weighted by Gasteiger charge is -2.12. The average molecular weight is 331 g/mol. The third-order valence-corrected chi connectivity index (χ3v) is 4.78. The summed E-state index contributed by atoms with van der Waals surface area (Å²) in [5.41, 5.74) is 0.686. The number of halogens is 2. The summed E-state index contributed by atoms with van der Waals surface area (Å²) in [6, 6.07) is 4.89. The first-order valence-electron chi connectivity index (χ1n) is 5.81. The summed E-state index contributed by atoms with van der Waals surface area (Å²) in [7, 11) is 0. The zero-order chi connectivity index (χ0) is 15.1. The van der Waals surface area contributed by atoms with E-state index in [1.165, 1.54) is 0 Å². The second-order valence-corrected chi connectivity index (χ2v) is 7.10. The first-order chi connectivity index (χ1) is 9.20. The Kier molecular flexibility index (Phi) is 4.04. The number of hydrogen-bond donors (Lipinski definition) is 0. The van der Waals surface area contributed by atoms with Gasteiger partial charge in [-0.05, 0) is 23.5 Å². The van der Waals surface area contributed by atoms with Crippen molar-refractivity contribution in [3.63, 3.8) is 0 Å². The van der Waals surface area contributed by atoms with E-state index in [4.69, 9.17) is 23.2 Å². The summed E-state index contributed by atoms with van der Waals surface area (Å²) in [5.74, 6) is 0. The van der Waals surface area contributed by atoms with Crippen LogP contribution >= 0.6 is 34.5 Å². The van der Waals surface area contributed by atoms with Gasteiger partial charge in [0.1, 0.15) is 5.01 Å². The van der Waals surface area contributed by atoms with E-state index < -0.39 is 4.92 Å². The Morgan fingerprint density at radius 1 is 1.25 bits per heavy atom. The van der Waals surface area contributed by atoms with Crippen LogP contribution in [0.25, 0.3) is 11.3 Å². The van der Waals surface area contributed by atoms with Crippen molar-refractivity contribution in [1.29, 1.82) is 0 Å². The Morgan fingerprint density at radius 2 is 1.90 bits per heavy atom. The molecule has 1 aromatic heterocycles. The van der Waals surface area contributed by atoms with Gasteiger partial charge >= 0.3 is 5.00 Å². The number of nitro groups is 1. The largest absolute Gasteiger partial charge is 0.351 e. The number of nitrogens with zero attached hydrogens (tertiary/aromatic N) is 2. The first kappa shape index (κ1) is 15.2. The van der Waals surface area contributed by atoms with Crippen LogP contribution in [0, 0.1) is 10.1 Å². The van der Waals surface area contributed by atoms with Crippen molar-refractivity contribution in [2.75, 3.05) is 0 Å². The van der Waals surface area contributed by atoms with E-state index in [1.807, 2.05) is 20.8 Å². The fourth-order valence-electron chi connectivity index (χ4n) is 1.59. The Labute approximate surface area is 130 Å². The second kappa shape index (κ2) is 5.31.